The molecule has 0 N–H and O–H groups in total. The number of hydrogen-bond donors (Lipinski definition) is 0. The van der Waals surface area contributed by atoms with E-state index in [1.165, 1.54) is 5.56 Å². The highest BCUT2D eigenvalue weighted by Crippen LogP contribution is 2.12. The molecule has 0 saturated heterocycles. The van der Waals surface area contributed by atoms with Crippen molar-refractivity contribution in [1.29, 1.82) is 0 Å². The van der Waals surface area contributed by atoms with Crippen LogP contribution in [-0.4, -0.2) is 5.78 Å². The van der Waals surface area contributed by atoms with Crippen LogP contribution >= 0.6 is 0 Å². The van der Waals surface area contributed by atoms with Gasteiger partial charge in [-0.1, -0.05) is 67.6 Å². The second kappa shape index (κ2) is 5.97. The summed E-state index contributed by atoms with van der Waals surface area (Å²) in [6.07, 6.45) is 4.51. The summed E-state index contributed by atoms with van der Waals surface area (Å²) >= 11 is 0. The summed E-state index contributed by atoms with van der Waals surface area (Å²) in [6.45, 7) is 2.12. The van der Waals surface area contributed by atoms with Crippen molar-refractivity contribution < 1.29 is 4.79 Å². The molecule has 0 bridgehead atoms. The summed E-state index contributed by atoms with van der Waals surface area (Å²) in [7, 11) is 0. The molecule has 18 heavy (non-hydrogen) atoms. The Bertz CT molecular complexity index is 553. The molecule has 2 rings (SSSR count). The molecule has 0 unspecified atom stereocenters. The second-order valence-electron chi connectivity index (χ2n) is 4.12. The van der Waals surface area contributed by atoms with Crippen molar-refractivity contribution in [2.75, 3.05) is 0 Å². The molecule has 0 aromatic heterocycles. The molecule has 0 heterocycles. The summed E-state index contributed by atoms with van der Waals surface area (Å²) < 4.78 is 0. The number of benzene rings is 2. The fourth-order valence-electron chi connectivity index (χ4n) is 1.88. The van der Waals surface area contributed by atoms with Crippen molar-refractivity contribution in [3.05, 3.63) is 77.4 Å². The summed E-state index contributed by atoms with van der Waals surface area (Å²) in [6, 6.07) is 17.5. The molecule has 0 atom stereocenters. The maximum Gasteiger partial charge on any atom is 0.185 e. The molecule has 0 fully saturated rings. The van der Waals surface area contributed by atoms with Gasteiger partial charge in [0.1, 0.15) is 0 Å². The third kappa shape index (κ3) is 2.95. The van der Waals surface area contributed by atoms with Gasteiger partial charge in [-0.25, -0.2) is 0 Å². The zero-order valence-electron chi connectivity index (χ0n) is 10.5. The molecule has 0 aliphatic heterocycles. The van der Waals surface area contributed by atoms with Gasteiger partial charge in [0.25, 0.3) is 0 Å². The molecule has 1 nitrogen and oxygen atoms in total. The first-order chi connectivity index (χ1) is 8.81. The summed E-state index contributed by atoms with van der Waals surface area (Å²) in [5.41, 5.74) is 3.10. The van der Waals surface area contributed by atoms with Gasteiger partial charge in [0.05, 0.1) is 0 Å². The minimum absolute atomic E-state index is 0.0431. The smallest absolute Gasteiger partial charge is 0.185 e. The van der Waals surface area contributed by atoms with Crippen molar-refractivity contribution in [3.63, 3.8) is 0 Å². The summed E-state index contributed by atoms with van der Waals surface area (Å²) in [4.78, 5) is 11.9. The van der Waals surface area contributed by atoms with Crippen LogP contribution in [0.5, 0.6) is 0 Å². The van der Waals surface area contributed by atoms with Crippen molar-refractivity contribution in [2.24, 2.45) is 0 Å². The quantitative estimate of drug-likeness (QED) is 0.576. The lowest BCUT2D eigenvalue weighted by molar-refractivity contribution is 0.104. The molecular formula is C17H16O. The van der Waals surface area contributed by atoms with E-state index in [0.717, 1.165) is 17.5 Å². The monoisotopic (exact) mass is 236 g/mol. The number of aryl methyl sites for hydroxylation is 1. The van der Waals surface area contributed by atoms with Gasteiger partial charge in [-0.05, 0) is 23.6 Å². The molecule has 0 aliphatic carbocycles. The topological polar surface area (TPSA) is 17.1 Å². The lowest BCUT2D eigenvalue weighted by Crippen LogP contribution is -1.93. The van der Waals surface area contributed by atoms with E-state index < -0.39 is 0 Å². The van der Waals surface area contributed by atoms with Crippen molar-refractivity contribution in [3.8, 4) is 0 Å². The Labute approximate surface area is 108 Å². The Kier molecular flexibility index (Phi) is 4.08. The fraction of sp³-hybridized carbons (Fsp3) is 0.118. The van der Waals surface area contributed by atoms with Crippen molar-refractivity contribution in [1.82, 2.24) is 0 Å². The van der Waals surface area contributed by atoms with Crippen LogP contribution in [-0.2, 0) is 6.42 Å². The first-order valence-electron chi connectivity index (χ1n) is 6.16. The van der Waals surface area contributed by atoms with Crippen LogP contribution in [0.25, 0.3) is 6.08 Å². The van der Waals surface area contributed by atoms with Gasteiger partial charge in [-0.15, -0.1) is 0 Å². The Morgan fingerprint density at radius 2 is 1.67 bits per heavy atom. The van der Waals surface area contributed by atoms with E-state index in [4.69, 9.17) is 0 Å². The second-order valence-corrected chi connectivity index (χ2v) is 4.12. The maximum atomic E-state index is 11.9. The zero-order chi connectivity index (χ0) is 12.8. The third-order valence-corrected chi connectivity index (χ3v) is 2.91. The van der Waals surface area contributed by atoms with E-state index >= 15 is 0 Å². The number of carbonyl (C=O) groups excluding carboxylic acids is 1. The molecule has 1 heteroatoms. The third-order valence-electron chi connectivity index (χ3n) is 2.91. The van der Waals surface area contributed by atoms with Crippen LogP contribution < -0.4 is 0 Å². The van der Waals surface area contributed by atoms with Crippen molar-refractivity contribution >= 4 is 11.9 Å². The van der Waals surface area contributed by atoms with Gasteiger partial charge in [0.2, 0.25) is 0 Å². The van der Waals surface area contributed by atoms with E-state index in [1.54, 1.807) is 6.08 Å². The van der Waals surface area contributed by atoms with E-state index in [1.807, 2.05) is 54.6 Å². The van der Waals surface area contributed by atoms with Gasteiger partial charge in [0, 0.05) is 5.56 Å². The first kappa shape index (κ1) is 12.3. The van der Waals surface area contributed by atoms with Crippen molar-refractivity contribution in [2.45, 2.75) is 13.3 Å². The van der Waals surface area contributed by atoms with E-state index in [2.05, 4.69) is 13.0 Å². The number of ketones is 1. The fourth-order valence-corrected chi connectivity index (χ4v) is 1.88. The minimum Gasteiger partial charge on any atom is -0.289 e. The molecule has 0 aliphatic rings. The van der Waals surface area contributed by atoms with Crippen LogP contribution in [0, 0.1) is 0 Å². The Morgan fingerprint density at radius 1 is 1.00 bits per heavy atom. The average molecular weight is 236 g/mol. The SMILES string of the molecule is CCc1ccccc1/C=C/C(=O)c1ccccc1. The number of hydrogen-bond acceptors (Lipinski definition) is 1. The van der Waals surface area contributed by atoms with E-state index in [-0.39, 0.29) is 5.78 Å². The van der Waals surface area contributed by atoms with E-state index in [0.29, 0.717) is 0 Å². The van der Waals surface area contributed by atoms with Crippen LogP contribution in [0.15, 0.2) is 60.7 Å². The van der Waals surface area contributed by atoms with Gasteiger partial charge in [-0.3, -0.25) is 4.79 Å². The standard InChI is InChI=1S/C17H16O/c1-2-14-8-6-7-9-15(14)12-13-17(18)16-10-4-3-5-11-16/h3-13H,2H2,1H3/b13-12+. The lowest BCUT2D eigenvalue weighted by Gasteiger charge is -2.01. The average Bonchev–Trinajstić information content (AvgIpc) is 2.46. The largest absolute Gasteiger partial charge is 0.289 e. The first-order valence-corrected chi connectivity index (χ1v) is 6.16. The maximum absolute atomic E-state index is 11.9. The Morgan fingerprint density at radius 3 is 2.39 bits per heavy atom. The molecule has 90 valence electrons. The van der Waals surface area contributed by atoms with Crippen LogP contribution in [0.2, 0.25) is 0 Å². The minimum atomic E-state index is 0.0431. The highest BCUT2D eigenvalue weighted by molar-refractivity contribution is 6.06. The molecule has 0 saturated carbocycles. The van der Waals surface area contributed by atoms with Gasteiger partial charge in [0.15, 0.2) is 5.78 Å². The highest BCUT2D eigenvalue weighted by atomic mass is 16.1. The van der Waals surface area contributed by atoms with Crippen LogP contribution in [0.1, 0.15) is 28.4 Å². The number of allylic oxidation sites excluding steroid dienone is 1. The zero-order valence-corrected chi connectivity index (χ0v) is 10.5. The number of rotatable bonds is 4. The number of carbonyl (C=O) groups is 1. The lowest BCUT2D eigenvalue weighted by atomic mass is 10.0. The molecule has 2 aromatic carbocycles. The Balaban J connectivity index is 2.19. The molecule has 0 amide bonds. The van der Waals surface area contributed by atoms with Crippen LogP contribution in [0.3, 0.4) is 0 Å². The van der Waals surface area contributed by atoms with Crippen LogP contribution in [0.4, 0.5) is 0 Å². The van der Waals surface area contributed by atoms with Gasteiger partial charge in [-0.2, -0.15) is 0 Å². The van der Waals surface area contributed by atoms with Gasteiger partial charge < -0.3 is 0 Å². The predicted octanol–water partition coefficient (Wildman–Crippen LogP) is 4.15. The molecular weight excluding hydrogens is 220 g/mol. The molecule has 2 aromatic rings. The predicted molar refractivity (Wildman–Crippen MR) is 75.6 cm³/mol. The van der Waals surface area contributed by atoms with Gasteiger partial charge >= 0.3 is 0 Å². The summed E-state index contributed by atoms with van der Waals surface area (Å²) in [5.74, 6) is 0.0431. The normalized spacial score (nSPS) is 10.7. The Hall–Kier alpha value is -2.15. The molecule has 0 radical (unpaired) electrons. The van der Waals surface area contributed by atoms with E-state index in [9.17, 15) is 4.79 Å². The highest BCUT2D eigenvalue weighted by Gasteiger charge is 2.00. The molecule has 0 spiro atoms. The summed E-state index contributed by atoms with van der Waals surface area (Å²) in [5, 5.41) is 0.